The minimum absolute atomic E-state index is 0.0896. The number of nitrogens with one attached hydrogen (secondary N) is 1. The predicted octanol–water partition coefficient (Wildman–Crippen LogP) is 4.56. The van der Waals surface area contributed by atoms with Gasteiger partial charge in [0.1, 0.15) is 0 Å². The molecule has 1 aliphatic carbocycles. The van der Waals surface area contributed by atoms with Crippen LogP contribution in [0.2, 0.25) is 5.02 Å². The minimum Gasteiger partial charge on any atom is -0.450 e. The molecule has 1 aromatic carbocycles. The number of carbonyl (C=O) groups is 2. The van der Waals surface area contributed by atoms with Crippen molar-refractivity contribution in [3.63, 3.8) is 0 Å². The summed E-state index contributed by atoms with van der Waals surface area (Å²) in [6.07, 6.45) is 5.64. The molecule has 0 aromatic heterocycles. The lowest BCUT2D eigenvalue weighted by Crippen LogP contribution is -2.32. The van der Waals surface area contributed by atoms with Gasteiger partial charge in [0.15, 0.2) is 0 Å². The van der Waals surface area contributed by atoms with Crippen molar-refractivity contribution in [2.45, 2.75) is 39.0 Å². The molecule has 0 radical (unpaired) electrons. The van der Waals surface area contributed by atoms with Crippen molar-refractivity contribution < 1.29 is 14.3 Å². The highest BCUT2D eigenvalue weighted by molar-refractivity contribution is 6.34. The van der Waals surface area contributed by atoms with Crippen molar-refractivity contribution in [1.82, 2.24) is 4.90 Å². The van der Waals surface area contributed by atoms with Gasteiger partial charge in [-0.15, -0.1) is 0 Å². The molecule has 0 atom stereocenters. The number of benzene rings is 1. The third kappa shape index (κ3) is 5.13. The monoisotopic (exact) mass is 352 g/mol. The Kier molecular flexibility index (Phi) is 6.91. The van der Waals surface area contributed by atoms with Crippen LogP contribution in [-0.2, 0) is 4.74 Å². The van der Waals surface area contributed by atoms with E-state index in [1.807, 2.05) is 7.05 Å². The molecule has 0 unspecified atom stereocenters. The first-order valence-electron chi connectivity index (χ1n) is 8.50. The van der Waals surface area contributed by atoms with Crippen molar-refractivity contribution in [2.75, 3.05) is 25.5 Å². The predicted molar refractivity (Wildman–Crippen MR) is 95.6 cm³/mol. The average molecular weight is 353 g/mol. The largest absolute Gasteiger partial charge is 0.450 e. The molecular weight excluding hydrogens is 328 g/mol. The van der Waals surface area contributed by atoms with Crippen LogP contribution in [0.25, 0.3) is 0 Å². The average Bonchev–Trinajstić information content (AvgIpc) is 2.55. The van der Waals surface area contributed by atoms with E-state index < -0.39 is 6.09 Å². The number of rotatable bonds is 5. The number of carbonyl (C=O) groups excluding carboxylic acids is 2. The van der Waals surface area contributed by atoms with Crippen LogP contribution in [0.3, 0.4) is 0 Å². The maximum atomic E-state index is 12.6. The van der Waals surface area contributed by atoms with E-state index in [1.165, 1.54) is 32.1 Å². The van der Waals surface area contributed by atoms with Crippen LogP contribution in [0.5, 0.6) is 0 Å². The first kappa shape index (κ1) is 18.6. The topological polar surface area (TPSA) is 58.6 Å². The highest BCUT2D eigenvalue weighted by atomic mass is 35.5. The first-order valence-corrected chi connectivity index (χ1v) is 8.87. The van der Waals surface area contributed by atoms with Gasteiger partial charge in [-0.1, -0.05) is 30.9 Å². The molecule has 24 heavy (non-hydrogen) atoms. The zero-order valence-electron chi connectivity index (χ0n) is 14.3. The van der Waals surface area contributed by atoms with Gasteiger partial charge in [0, 0.05) is 19.3 Å². The lowest BCUT2D eigenvalue weighted by Gasteiger charge is -2.27. The molecule has 132 valence electrons. The van der Waals surface area contributed by atoms with Gasteiger partial charge in [0.2, 0.25) is 0 Å². The Morgan fingerprint density at radius 2 is 2.00 bits per heavy atom. The SMILES string of the molecule is CCOC(=O)Nc1ccc(C(=O)N(C)CC2CCCCC2)c(Cl)c1. The second-order valence-electron chi connectivity index (χ2n) is 6.23. The van der Waals surface area contributed by atoms with Crippen LogP contribution in [0.15, 0.2) is 18.2 Å². The van der Waals surface area contributed by atoms with E-state index >= 15 is 0 Å². The summed E-state index contributed by atoms with van der Waals surface area (Å²) >= 11 is 6.23. The van der Waals surface area contributed by atoms with Crippen LogP contribution < -0.4 is 5.32 Å². The molecule has 0 bridgehead atoms. The number of hydrogen-bond donors (Lipinski definition) is 1. The Morgan fingerprint density at radius 3 is 2.62 bits per heavy atom. The van der Waals surface area contributed by atoms with E-state index in [9.17, 15) is 9.59 Å². The third-order valence-electron chi connectivity index (χ3n) is 4.32. The lowest BCUT2D eigenvalue weighted by molar-refractivity contribution is 0.0760. The molecular formula is C18H25ClN2O3. The summed E-state index contributed by atoms with van der Waals surface area (Å²) in [5.41, 5.74) is 0.953. The fraction of sp³-hybridized carbons (Fsp3) is 0.556. The molecule has 0 aliphatic heterocycles. The number of ether oxygens (including phenoxy) is 1. The molecule has 0 saturated heterocycles. The maximum Gasteiger partial charge on any atom is 0.411 e. The Balaban J connectivity index is 1.99. The summed E-state index contributed by atoms with van der Waals surface area (Å²) in [6.45, 7) is 2.79. The smallest absolute Gasteiger partial charge is 0.411 e. The molecule has 2 rings (SSSR count). The van der Waals surface area contributed by atoms with Crippen molar-refractivity contribution in [3.8, 4) is 0 Å². The molecule has 0 heterocycles. The normalized spacial score (nSPS) is 15.0. The zero-order chi connectivity index (χ0) is 17.5. The lowest BCUT2D eigenvalue weighted by atomic mass is 9.89. The van der Waals surface area contributed by atoms with Gasteiger partial charge in [-0.2, -0.15) is 0 Å². The fourth-order valence-corrected chi connectivity index (χ4v) is 3.36. The summed E-state index contributed by atoms with van der Waals surface area (Å²) in [6, 6.07) is 4.87. The zero-order valence-corrected chi connectivity index (χ0v) is 15.1. The van der Waals surface area contributed by atoms with E-state index in [0.29, 0.717) is 28.8 Å². The molecule has 2 amide bonds. The summed E-state index contributed by atoms with van der Waals surface area (Å²) in [4.78, 5) is 25.8. The van der Waals surface area contributed by atoms with Crippen molar-refractivity contribution in [3.05, 3.63) is 28.8 Å². The molecule has 1 aromatic rings. The van der Waals surface area contributed by atoms with E-state index in [1.54, 1.807) is 30.0 Å². The molecule has 5 nitrogen and oxygen atoms in total. The Labute approximate surface area is 148 Å². The number of hydrogen-bond acceptors (Lipinski definition) is 3. The number of halogens is 1. The molecule has 1 saturated carbocycles. The standard InChI is InChI=1S/C18H25ClN2O3/c1-3-24-18(23)20-14-9-10-15(16(19)11-14)17(22)21(2)12-13-7-5-4-6-8-13/h9-11,13H,3-8,12H2,1-2H3,(H,20,23). The maximum absolute atomic E-state index is 12.6. The van der Waals surface area contributed by atoms with Gasteiger partial charge in [0.25, 0.3) is 5.91 Å². The van der Waals surface area contributed by atoms with Gasteiger partial charge in [-0.25, -0.2) is 4.79 Å². The van der Waals surface area contributed by atoms with E-state index in [0.717, 1.165) is 6.54 Å². The summed E-state index contributed by atoms with van der Waals surface area (Å²) in [5, 5.41) is 2.90. The number of amides is 2. The second kappa shape index (κ2) is 8.92. The Morgan fingerprint density at radius 1 is 1.29 bits per heavy atom. The van der Waals surface area contributed by atoms with Crippen LogP contribution in [-0.4, -0.2) is 37.1 Å². The van der Waals surface area contributed by atoms with Crippen molar-refractivity contribution >= 4 is 29.3 Å². The van der Waals surface area contributed by atoms with Gasteiger partial charge >= 0.3 is 6.09 Å². The van der Waals surface area contributed by atoms with E-state index in [-0.39, 0.29) is 5.91 Å². The number of nitrogens with zero attached hydrogens (tertiary/aromatic N) is 1. The molecule has 6 heteroatoms. The summed E-state index contributed by atoms with van der Waals surface area (Å²) < 4.78 is 4.82. The molecule has 1 aliphatic rings. The van der Waals surface area contributed by atoms with Crippen LogP contribution in [0, 0.1) is 5.92 Å². The summed E-state index contributed by atoms with van der Waals surface area (Å²) in [7, 11) is 1.82. The highest BCUT2D eigenvalue weighted by Gasteiger charge is 2.21. The van der Waals surface area contributed by atoms with Gasteiger partial charge in [0.05, 0.1) is 17.2 Å². The third-order valence-corrected chi connectivity index (χ3v) is 4.64. The van der Waals surface area contributed by atoms with Gasteiger partial charge in [-0.05, 0) is 43.9 Å². The molecule has 0 spiro atoms. The minimum atomic E-state index is -0.540. The molecule has 1 N–H and O–H groups in total. The Hall–Kier alpha value is -1.75. The van der Waals surface area contributed by atoms with Crippen molar-refractivity contribution in [2.24, 2.45) is 5.92 Å². The van der Waals surface area contributed by atoms with Crippen molar-refractivity contribution in [1.29, 1.82) is 0 Å². The van der Waals surface area contributed by atoms with Gasteiger partial charge < -0.3 is 9.64 Å². The van der Waals surface area contributed by atoms with E-state index in [2.05, 4.69) is 5.32 Å². The van der Waals surface area contributed by atoms with Crippen LogP contribution in [0.1, 0.15) is 49.4 Å². The van der Waals surface area contributed by atoms with Gasteiger partial charge in [-0.3, -0.25) is 10.1 Å². The molecule has 1 fully saturated rings. The quantitative estimate of drug-likeness (QED) is 0.845. The van der Waals surface area contributed by atoms with Crippen LogP contribution in [0.4, 0.5) is 10.5 Å². The first-order chi connectivity index (χ1) is 11.5. The summed E-state index contributed by atoms with van der Waals surface area (Å²) in [5.74, 6) is 0.490. The highest BCUT2D eigenvalue weighted by Crippen LogP contribution is 2.26. The second-order valence-corrected chi connectivity index (χ2v) is 6.64. The van der Waals surface area contributed by atoms with Crippen LogP contribution >= 0.6 is 11.6 Å². The fourth-order valence-electron chi connectivity index (χ4n) is 3.10. The Bertz CT molecular complexity index is 586. The number of anilines is 1. The van der Waals surface area contributed by atoms with E-state index in [4.69, 9.17) is 16.3 Å².